The van der Waals surface area contributed by atoms with E-state index in [4.69, 9.17) is 22.2 Å². The third-order valence-electron chi connectivity index (χ3n) is 8.68. The van der Waals surface area contributed by atoms with Gasteiger partial charge in [-0.1, -0.05) is 92.8 Å². The van der Waals surface area contributed by atoms with Crippen LogP contribution >= 0.6 is 0 Å². The van der Waals surface area contributed by atoms with Gasteiger partial charge in [-0.25, -0.2) is 4.99 Å². The molecule has 2 atom stereocenters. The summed E-state index contributed by atoms with van der Waals surface area (Å²) >= 11 is 0. The molecule has 290 valence electrons. The smallest absolute Gasteiger partial charge is 0.696 e. The SMILES string of the molecule is C/C=C\C1=C(N)C(N)=C(/C=C\C)C2Nc3c(c(/C=C\C)c([NH-])c4ncccc34)N=C12.C1=C[N-]C(c2ccccn2)C=C1.CC.[Ru+2].c1ccc(-c2ccccn2)nc1. The Morgan fingerprint density at radius 2 is 1.35 bits per heavy atom. The summed E-state index contributed by atoms with van der Waals surface area (Å²) in [5.41, 5.74) is 31.2. The summed E-state index contributed by atoms with van der Waals surface area (Å²) in [6.07, 6.45) is 26.4. The van der Waals surface area contributed by atoms with Crippen molar-refractivity contribution < 1.29 is 19.5 Å². The number of anilines is 1. The topological polar surface area (TPSA) is 166 Å². The van der Waals surface area contributed by atoms with Crippen molar-refractivity contribution >= 4 is 39.8 Å². The second-order valence-corrected chi connectivity index (χ2v) is 12.2. The summed E-state index contributed by atoms with van der Waals surface area (Å²) in [5.74, 6) is 0. The van der Waals surface area contributed by atoms with Gasteiger partial charge >= 0.3 is 19.5 Å². The van der Waals surface area contributed by atoms with Crippen LogP contribution in [-0.4, -0.2) is 31.7 Å². The fraction of sp³-hybridized carbons (Fsp3) is 0.152. The number of aromatic nitrogens is 4. The Morgan fingerprint density at radius 1 is 0.719 bits per heavy atom. The zero-order chi connectivity index (χ0) is 39.9. The molecule has 10 nitrogen and oxygen atoms in total. The van der Waals surface area contributed by atoms with E-state index >= 15 is 0 Å². The summed E-state index contributed by atoms with van der Waals surface area (Å²) in [5, 5.41) is 8.77. The molecule has 1 aliphatic carbocycles. The van der Waals surface area contributed by atoms with Crippen molar-refractivity contribution in [1.29, 1.82) is 0 Å². The van der Waals surface area contributed by atoms with Crippen LogP contribution in [0.15, 0.2) is 174 Å². The van der Waals surface area contributed by atoms with Gasteiger partial charge in [0.1, 0.15) is 0 Å². The molecule has 0 radical (unpaired) electrons. The van der Waals surface area contributed by atoms with Crippen molar-refractivity contribution in [1.82, 2.24) is 19.9 Å². The van der Waals surface area contributed by atoms with Crippen LogP contribution in [0.5, 0.6) is 0 Å². The number of nitrogens with one attached hydrogen (secondary N) is 2. The van der Waals surface area contributed by atoms with Crippen LogP contribution < -0.4 is 16.8 Å². The molecule has 6 N–H and O–H groups in total. The first kappa shape index (κ1) is 43.3. The van der Waals surface area contributed by atoms with Crippen molar-refractivity contribution in [3.05, 3.63) is 191 Å². The maximum Gasteiger partial charge on any atom is 2.00 e. The first-order valence-corrected chi connectivity index (χ1v) is 18.6. The third kappa shape index (κ3) is 10.1. The van der Waals surface area contributed by atoms with E-state index < -0.39 is 0 Å². The molecule has 4 aromatic heterocycles. The van der Waals surface area contributed by atoms with E-state index in [1.54, 1.807) is 31.0 Å². The van der Waals surface area contributed by atoms with Gasteiger partial charge in [-0.2, -0.15) is 6.20 Å². The monoisotopic (exact) mass is 842 g/mol. The number of pyridine rings is 4. The van der Waals surface area contributed by atoms with Gasteiger partial charge in [0.25, 0.3) is 0 Å². The van der Waals surface area contributed by atoms with E-state index in [9.17, 15) is 0 Å². The Bertz CT molecular complexity index is 2310. The number of hydrogen-bond donors (Lipinski definition) is 3. The summed E-state index contributed by atoms with van der Waals surface area (Å²) in [7, 11) is 0. The second kappa shape index (κ2) is 21.6. The molecule has 1 aromatic carbocycles. The molecule has 2 unspecified atom stereocenters. The zero-order valence-electron chi connectivity index (χ0n) is 32.8. The Kier molecular flexibility index (Phi) is 16.4. The summed E-state index contributed by atoms with van der Waals surface area (Å²) in [6, 6.07) is 21.2. The predicted octanol–water partition coefficient (Wildman–Crippen LogP) is 11.2. The van der Waals surface area contributed by atoms with E-state index in [1.165, 1.54) is 0 Å². The number of allylic oxidation sites excluding steroid dienone is 6. The van der Waals surface area contributed by atoms with Gasteiger partial charge in [0, 0.05) is 47.0 Å². The summed E-state index contributed by atoms with van der Waals surface area (Å²) in [4.78, 5) is 22.1. The first-order chi connectivity index (χ1) is 27.5. The molecular weight excluding hydrogens is 794 g/mol. The number of nitrogens with two attached hydrogens (primary N) is 2. The quantitative estimate of drug-likeness (QED) is 0.148. The molecule has 0 spiro atoms. The maximum atomic E-state index is 8.72. The van der Waals surface area contributed by atoms with Gasteiger partial charge in [-0.15, -0.1) is 5.69 Å². The molecule has 2 aliphatic heterocycles. The van der Waals surface area contributed by atoms with Crippen molar-refractivity contribution in [3.8, 4) is 11.4 Å². The molecule has 11 heteroatoms. The number of hydrogen-bond acceptors (Lipinski definition) is 8. The normalized spacial score (nSPS) is 16.5. The van der Waals surface area contributed by atoms with E-state index in [1.807, 2.05) is 156 Å². The fourth-order valence-electron chi connectivity index (χ4n) is 6.21. The first-order valence-electron chi connectivity index (χ1n) is 18.6. The van der Waals surface area contributed by atoms with E-state index in [2.05, 4.69) is 30.6 Å². The number of nitrogens with zero attached hydrogens (tertiary/aromatic N) is 6. The third-order valence-corrected chi connectivity index (χ3v) is 8.68. The van der Waals surface area contributed by atoms with Crippen molar-refractivity contribution in [3.63, 3.8) is 0 Å². The van der Waals surface area contributed by atoms with Crippen LogP contribution in [0.2, 0.25) is 0 Å². The van der Waals surface area contributed by atoms with Gasteiger partial charge in [0.15, 0.2) is 0 Å². The fourth-order valence-corrected chi connectivity index (χ4v) is 6.21. The molecule has 5 aromatic rings. The number of fused-ring (bicyclic) bond motifs is 4. The number of rotatable bonds is 5. The Morgan fingerprint density at radius 3 is 1.91 bits per heavy atom. The molecule has 0 bridgehead atoms. The Hall–Kier alpha value is -6.45. The molecule has 6 heterocycles. The largest absolute Gasteiger partial charge is 2.00 e. The summed E-state index contributed by atoms with van der Waals surface area (Å²) in [6.45, 7) is 9.82. The van der Waals surface area contributed by atoms with Gasteiger partial charge in [-0.05, 0) is 74.9 Å². The zero-order valence-corrected chi connectivity index (χ0v) is 34.5. The Balaban J connectivity index is 0.000000218. The van der Waals surface area contributed by atoms with Crippen LogP contribution in [-0.2, 0) is 19.5 Å². The van der Waals surface area contributed by atoms with E-state index in [0.717, 1.165) is 56.3 Å². The van der Waals surface area contributed by atoms with E-state index in [-0.39, 0.29) is 31.6 Å². The molecule has 0 saturated carbocycles. The summed E-state index contributed by atoms with van der Waals surface area (Å²) < 4.78 is 0. The van der Waals surface area contributed by atoms with E-state index in [0.29, 0.717) is 22.6 Å². The molecule has 57 heavy (non-hydrogen) atoms. The standard InChI is InChI=1S/C24H25N6.C10H9N2.C10H8N2.C2H6.Ru/c1-4-8-13-17(25)18(26)14(9-5-2)22-21(13)29-23-15(10-6-3)19(27)20-16(24(23)30-22)11-7-12-28-20;2*1-3-7-11-9(5-1)10-6-2-4-8-12-10;1-2;/h4-12,22,27,30H,25-26H2,1-3H3;1-9H;1-8H;1-2H3;/q2*-1;;;+2/b8-4-,9-5-,10-6-;;;;. The van der Waals surface area contributed by atoms with Crippen LogP contribution in [0.4, 0.5) is 17.1 Å². The molecule has 0 saturated heterocycles. The van der Waals surface area contributed by atoms with Crippen LogP contribution in [0.3, 0.4) is 0 Å². The van der Waals surface area contributed by atoms with Gasteiger partial charge in [-0.3, -0.25) is 19.9 Å². The number of benzene rings is 1. The minimum atomic E-state index is -0.245. The van der Waals surface area contributed by atoms with Crippen molar-refractivity contribution in [2.75, 3.05) is 5.32 Å². The average molecular weight is 842 g/mol. The predicted molar refractivity (Wildman–Crippen MR) is 234 cm³/mol. The van der Waals surface area contributed by atoms with Crippen LogP contribution in [0.25, 0.3) is 39.4 Å². The molecule has 8 rings (SSSR count). The molecule has 0 amide bonds. The van der Waals surface area contributed by atoms with Gasteiger partial charge in [0.2, 0.25) is 0 Å². The molecular formula is C46H48N10Ru. The minimum absolute atomic E-state index is 0. The average Bonchev–Trinajstić information content (AvgIpc) is 3.27. The maximum absolute atomic E-state index is 8.72. The van der Waals surface area contributed by atoms with Crippen LogP contribution in [0, 0.1) is 0 Å². The van der Waals surface area contributed by atoms with Crippen molar-refractivity contribution in [2.45, 2.75) is 46.7 Å². The molecule has 0 fully saturated rings. The van der Waals surface area contributed by atoms with Crippen LogP contribution in [0.1, 0.15) is 51.9 Å². The second-order valence-electron chi connectivity index (χ2n) is 12.2. The van der Waals surface area contributed by atoms with Gasteiger partial charge < -0.3 is 27.8 Å². The van der Waals surface area contributed by atoms with Gasteiger partial charge in [0.05, 0.1) is 51.4 Å². The number of aliphatic imine (C=N–C) groups is 1. The Labute approximate surface area is 348 Å². The minimum Gasteiger partial charge on any atom is -0.696 e. The molecule has 3 aliphatic rings. The van der Waals surface area contributed by atoms with Crippen molar-refractivity contribution in [2.24, 2.45) is 16.5 Å².